The SMILES string of the molecule is CC[C@H](C)c1ccccc1N1C[C@@H](C(=O)NCCCn2nc(C)cc2C)CC1=O. The molecule has 0 radical (unpaired) electrons. The van der Waals surface area contributed by atoms with E-state index in [9.17, 15) is 9.59 Å². The Morgan fingerprint density at radius 2 is 2.07 bits per heavy atom. The van der Waals surface area contributed by atoms with Crippen LogP contribution in [0.15, 0.2) is 30.3 Å². The van der Waals surface area contributed by atoms with Crippen LogP contribution in [0.25, 0.3) is 0 Å². The minimum Gasteiger partial charge on any atom is -0.356 e. The number of carbonyl (C=O) groups is 2. The quantitative estimate of drug-likeness (QED) is 0.694. The summed E-state index contributed by atoms with van der Waals surface area (Å²) < 4.78 is 1.97. The predicted octanol–water partition coefficient (Wildman–Crippen LogP) is 3.57. The van der Waals surface area contributed by atoms with E-state index in [0.717, 1.165) is 36.5 Å². The highest BCUT2D eigenvalue weighted by Gasteiger charge is 2.36. The first kappa shape index (κ1) is 21.1. The summed E-state index contributed by atoms with van der Waals surface area (Å²) in [6.07, 6.45) is 2.10. The summed E-state index contributed by atoms with van der Waals surface area (Å²) in [5.74, 6) is 0.0845. The van der Waals surface area contributed by atoms with Gasteiger partial charge in [-0.25, -0.2) is 0 Å². The van der Waals surface area contributed by atoms with E-state index in [-0.39, 0.29) is 24.2 Å². The fourth-order valence-corrected chi connectivity index (χ4v) is 3.97. The predicted molar refractivity (Wildman–Crippen MR) is 115 cm³/mol. The number of rotatable bonds is 8. The van der Waals surface area contributed by atoms with Crippen molar-refractivity contribution in [2.75, 3.05) is 18.0 Å². The molecule has 6 heteroatoms. The number of carbonyl (C=O) groups excluding carboxylic acids is 2. The van der Waals surface area contributed by atoms with E-state index in [1.165, 1.54) is 5.56 Å². The topological polar surface area (TPSA) is 67.2 Å². The molecule has 3 rings (SSSR count). The molecule has 0 saturated carbocycles. The minimum absolute atomic E-state index is 0.0311. The van der Waals surface area contributed by atoms with Crippen LogP contribution < -0.4 is 10.2 Å². The van der Waals surface area contributed by atoms with Crippen molar-refractivity contribution < 1.29 is 9.59 Å². The highest BCUT2D eigenvalue weighted by Crippen LogP contribution is 2.33. The summed E-state index contributed by atoms with van der Waals surface area (Å²) in [4.78, 5) is 27.0. The lowest BCUT2D eigenvalue weighted by Gasteiger charge is -2.23. The zero-order valence-electron chi connectivity index (χ0n) is 17.9. The molecule has 2 heterocycles. The molecule has 1 aliphatic heterocycles. The van der Waals surface area contributed by atoms with Gasteiger partial charge in [0.15, 0.2) is 0 Å². The second-order valence-corrected chi connectivity index (χ2v) is 8.07. The van der Waals surface area contributed by atoms with Crippen molar-refractivity contribution in [1.29, 1.82) is 0 Å². The van der Waals surface area contributed by atoms with E-state index in [2.05, 4.69) is 36.4 Å². The average molecular weight is 397 g/mol. The fourth-order valence-electron chi connectivity index (χ4n) is 3.97. The lowest BCUT2D eigenvalue weighted by Crippen LogP contribution is -2.34. The summed E-state index contributed by atoms with van der Waals surface area (Å²) in [5.41, 5.74) is 4.26. The molecule has 0 bridgehead atoms. The Kier molecular flexibility index (Phi) is 6.72. The van der Waals surface area contributed by atoms with E-state index in [0.29, 0.717) is 19.0 Å². The van der Waals surface area contributed by atoms with Crippen molar-refractivity contribution in [2.45, 2.75) is 59.4 Å². The maximum absolute atomic E-state index is 12.6. The Bertz CT molecular complexity index is 874. The van der Waals surface area contributed by atoms with Gasteiger partial charge in [-0.3, -0.25) is 14.3 Å². The summed E-state index contributed by atoms with van der Waals surface area (Å²) in [5, 5.41) is 7.44. The lowest BCUT2D eigenvalue weighted by atomic mass is 9.96. The molecule has 0 spiro atoms. The van der Waals surface area contributed by atoms with Crippen LogP contribution in [0.2, 0.25) is 0 Å². The third-order valence-electron chi connectivity index (χ3n) is 5.82. The molecule has 6 nitrogen and oxygen atoms in total. The number of hydrogen-bond acceptors (Lipinski definition) is 3. The van der Waals surface area contributed by atoms with E-state index < -0.39 is 0 Å². The van der Waals surface area contributed by atoms with Crippen LogP contribution in [0.1, 0.15) is 56.0 Å². The molecule has 0 unspecified atom stereocenters. The third kappa shape index (κ3) is 4.86. The molecule has 1 aromatic heterocycles. The highest BCUT2D eigenvalue weighted by atomic mass is 16.2. The van der Waals surface area contributed by atoms with Gasteiger partial charge in [0.2, 0.25) is 11.8 Å². The molecule has 1 aliphatic rings. The van der Waals surface area contributed by atoms with Crippen LogP contribution in [-0.4, -0.2) is 34.7 Å². The molecular weight excluding hydrogens is 364 g/mol. The first-order valence-electron chi connectivity index (χ1n) is 10.6. The summed E-state index contributed by atoms with van der Waals surface area (Å²) >= 11 is 0. The van der Waals surface area contributed by atoms with Crippen LogP contribution in [0, 0.1) is 19.8 Å². The van der Waals surface area contributed by atoms with Gasteiger partial charge < -0.3 is 10.2 Å². The van der Waals surface area contributed by atoms with Gasteiger partial charge in [0, 0.05) is 37.4 Å². The first-order chi connectivity index (χ1) is 13.9. The normalized spacial score (nSPS) is 17.6. The second kappa shape index (κ2) is 9.25. The van der Waals surface area contributed by atoms with Gasteiger partial charge in [-0.2, -0.15) is 5.10 Å². The number of anilines is 1. The maximum atomic E-state index is 12.6. The molecule has 2 atom stereocenters. The van der Waals surface area contributed by atoms with E-state index in [4.69, 9.17) is 0 Å². The molecule has 29 heavy (non-hydrogen) atoms. The highest BCUT2D eigenvalue weighted by molar-refractivity contribution is 6.00. The minimum atomic E-state index is -0.291. The number of benzene rings is 1. The van der Waals surface area contributed by atoms with Gasteiger partial charge in [0.05, 0.1) is 11.6 Å². The van der Waals surface area contributed by atoms with Gasteiger partial charge in [-0.15, -0.1) is 0 Å². The lowest BCUT2D eigenvalue weighted by molar-refractivity contribution is -0.126. The molecule has 2 aromatic rings. The summed E-state index contributed by atoms with van der Waals surface area (Å²) in [6, 6.07) is 10.1. The third-order valence-corrected chi connectivity index (χ3v) is 5.82. The van der Waals surface area contributed by atoms with Gasteiger partial charge in [0.1, 0.15) is 0 Å². The number of nitrogens with zero attached hydrogens (tertiary/aromatic N) is 3. The van der Waals surface area contributed by atoms with Crippen molar-refractivity contribution in [2.24, 2.45) is 5.92 Å². The number of nitrogens with one attached hydrogen (secondary N) is 1. The number of aromatic nitrogens is 2. The van der Waals surface area contributed by atoms with E-state index in [1.807, 2.05) is 36.7 Å². The molecule has 1 saturated heterocycles. The van der Waals surface area contributed by atoms with Crippen molar-refractivity contribution in [3.63, 3.8) is 0 Å². The Hall–Kier alpha value is -2.63. The number of amides is 2. The zero-order chi connectivity index (χ0) is 21.0. The fraction of sp³-hybridized carbons (Fsp3) is 0.522. The number of para-hydroxylation sites is 1. The van der Waals surface area contributed by atoms with Gasteiger partial charge >= 0.3 is 0 Å². The molecular formula is C23H32N4O2. The van der Waals surface area contributed by atoms with Gasteiger partial charge in [-0.05, 0) is 50.3 Å². The summed E-state index contributed by atoms with van der Waals surface area (Å²) in [6.45, 7) is 10.2. The maximum Gasteiger partial charge on any atom is 0.227 e. The Morgan fingerprint density at radius 3 is 2.76 bits per heavy atom. The molecule has 0 aliphatic carbocycles. The largest absolute Gasteiger partial charge is 0.356 e. The van der Waals surface area contributed by atoms with Gasteiger partial charge in [0.25, 0.3) is 0 Å². The molecule has 156 valence electrons. The van der Waals surface area contributed by atoms with Crippen LogP contribution in [0.4, 0.5) is 5.69 Å². The number of hydrogen-bond donors (Lipinski definition) is 1. The van der Waals surface area contributed by atoms with E-state index in [1.54, 1.807) is 4.90 Å². The molecule has 2 amide bonds. The van der Waals surface area contributed by atoms with Crippen LogP contribution in [0.3, 0.4) is 0 Å². The van der Waals surface area contributed by atoms with Crippen LogP contribution in [-0.2, 0) is 16.1 Å². The Balaban J connectivity index is 1.55. The number of aryl methyl sites for hydroxylation is 3. The Labute approximate surface area is 173 Å². The van der Waals surface area contributed by atoms with Crippen LogP contribution in [0.5, 0.6) is 0 Å². The second-order valence-electron chi connectivity index (χ2n) is 8.07. The van der Waals surface area contributed by atoms with Crippen molar-refractivity contribution in [3.05, 3.63) is 47.3 Å². The standard InChI is InChI=1S/C23H32N4O2/c1-5-16(2)20-9-6-7-10-21(20)26-15-19(14-22(26)28)23(29)24-11-8-12-27-18(4)13-17(3)25-27/h6-7,9-10,13,16,19H,5,8,11-12,14-15H2,1-4H3,(H,24,29)/t16-,19-/m0/s1. The summed E-state index contributed by atoms with van der Waals surface area (Å²) in [7, 11) is 0. The first-order valence-corrected chi connectivity index (χ1v) is 10.6. The van der Waals surface area contributed by atoms with Gasteiger partial charge in [-0.1, -0.05) is 32.0 Å². The van der Waals surface area contributed by atoms with Crippen molar-refractivity contribution >= 4 is 17.5 Å². The Morgan fingerprint density at radius 1 is 1.31 bits per heavy atom. The average Bonchev–Trinajstić information content (AvgIpc) is 3.25. The van der Waals surface area contributed by atoms with Crippen molar-refractivity contribution in [3.8, 4) is 0 Å². The van der Waals surface area contributed by atoms with Crippen LogP contribution >= 0.6 is 0 Å². The molecule has 1 N–H and O–H groups in total. The smallest absolute Gasteiger partial charge is 0.227 e. The zero-order valence-corrected chi connectivity index (χ0v) is 17.9. The molecule has 1 fully saturated rings. The monoisotopic (exact) mass is 396 g/mol. The molecule has 1 aromatic carbocycles. The van der Waals surface area contributed by atoms with E-state index >= 15 is 0 Å². The van der Waals surface area contributed by atoms with Crippen molar-refractivity contribution in [1.82, 2.24) is 15.1 Å².